The molecule has 19 nitrogen and oxygen atoms in total. The maximum Gasteiger partial charge on any atom is 0.408 e. The highest BCUT2D eigenvalue weighted by atomic mass is 32.1. The van der Waals surface area contributed by atoms with E-state index in [9.17, 15) is 58.5 Å². The standard InChI is InChI=1S/C36H46N6O13S/c1-21(2)31(34(52)40-42(19-30(48)49)35(53)26(56)17-27(43)41(3)18-22-10-6-4-7-11-22)39-32(50)24(14-15-28(44)45)37-33(51)25(16-29(46)47)38-36(54)55-20-23-12-8-5-9-13-23/h4-13,21,24-26,31,56H,14-20H2,1-3H3,(H,37,51)(H,38,54)(H,39,50)(H,40,52)(H,44,45)(H,46,47)(H,48,49)/t24-,25-,26-,31-/m0/s1. The van der Waals surface area contributed by atoms with Crippen molar-refractivity contribution in [2.75, 3.05) is 13.6 Å². The second kappa shape index (κ2) is 22.9. The van der Waals surface area contributed by atoms with Gasteiger partial charge in [0.1, 0.15) is 31.3 Å². The lowest BCUT2D eigenvalue weighted by molar-refractivity contribution is -0.151. The third-order valence-corrected chi connectivity index (χ3v) is 8.28. The molecule has 0 radical (unpaired) electrons. The van der Waals surface area contributed by atoms with Crippen LogP contribution in [-0.2, 0) is 56.2 Å². The van der Waals surface area contributed by atoms with Crippen LogP contribution in [-0.4, -0.2) is 116 Å². The maximum atomic E-state index is 13.5. The van der Waals surface area contributed by atoms with Crippen LogP contribution in [0.4, 0.5) is 4.79 Å². The van der Waals surface area contributed by atoms with Gasteiger partial charge in [0.2, 0.25) is 17.7 Å². The maximum absolute atomic E-state index is 13.5. The smallest absolute Gasteiger partial charge is 0.408 e. The van der Waals surface area contributed by atoms with E-state index in [2.05, 4.69) is 34.0 Å². The summed E-state index contributed by atoms with van der Waals surface area (Å²) in [6, 6.07) is 12.4. The first-order valence-electron chi connectivity index (χ1n) is 17.2. The van der Waals surface area contributed by atoms with Crippen molar-refractivity contribution in [2.24, 2.45) is 5.92 Å². The summed E-state index contributed by atoms with van der Waals surface area (Å²) in [5.41, 5.74) is 3.55. The number of carbonyl (C=O) groups is 9. The van der Waals surface area contributed by atoms with Crippen molar-refractivity contribution in [3.8, 4) is 0 Å². The minimum atomic E-state index is -1.78. The van der Waals surface area contributed by atoms with Gasteiger partial charge in [0.15, 0.2) is 0 Å². The summed E-state index contributed by atoms with van der Waals surface area (Å²) < 4.78 is 5.05. The highest BCUT2D eigenvalue weighted by Gasteiger charge is 2.34. The predicted octanol–water partition coefficient (Wildman–Crippen LogP) is 0.538. The van der Waals surface area contributed by atoms with Crippen LogP contribution in [0.1, 0.15) is 50.7 Å². The molecule has 0 fully saturated rings. The molecular weight excluding hydrogens is 756 g/mol. The fourth-order valence-electron chi connectivity index (χ4n) is 4.93. The van der Waals surface area contributed by atoms with Gasteiger partial charge in [-0.05, 0) is 23.5 Å². The van der Waals surface area contributed by atoms with Gasteiger partial charge in [-0.2, -0.15) is 12.6 Å². The Morgan fingerprint density at radius 3 is 1.82 bits per heavy atom. The second-order valence-electron chi connectivity index (χ2n) is 12.8. The minimum absolute atomic E-state index is 0.214. The van der Waals surface area contributed by atoms with Gasteiger partial charge >= 0.3 is 24.0 Å². The molecule has 0 bridgehead atoms. The summed E-state index contributed by atoms with van der Waals surface area (Å²) in [6.45, 7) is 1.90. The number of nitrogens with zero attached hydrogens (tertiary/aromatic N) is 2. The van der Waals surface area contributed by atoms with Gasteiger partial charge in [0.25, 0.3) is 11.8 Å². The van der Waals surface area contributed by atoms with Crippen molar-refractivity contribution in [3.05, 3.63) is 71.8 Å². The first-order valence-corrected chi connectivity index (χ1v) is 17.7. The molecule has 56 heavy (non-hydrogen) atoms. The van der Waals surface area contributed by atoms with Crippen LogP contribution >= 0.6 is 12.6 Å². The lowest BCUT2D eigenvalue weighted by Gasteiger charge is -2.30. The monoisotopic (exact) mass is 802 g/mol. The van der Waals surface area contributed by atoms with Crippen molar-refractivity contribution in [3.63, 3.8) is 0 Å². The van der Waals surface area contributed by atoms with Gasteiger partial charge in [-0.1, -0.05) is 74.5 Å². The van der Waals surface area contributed by atoms with Crippen LogP contribution in [0.25, 0.3) is 0 Å². The van der Waals surface area contributed by atoms with Crippen LogP contribution in [0.2, 0.25) is 0 Å². The number of benzene rings is 2. The van der Waals surface area contributed by atoms with Gasteiger partial charge in [-0.3, -0.25) is 43.8 Å². The van der Waals surface area contributed by atoms with Crippen LogP contribution in [0.15, 0.2) is 60.7 Å². The first-order chi connectivity index (χ1) is 26.4. The number of ether oxygens (including phenoxy) is 1. The van der Waals surface area contributed by atoms with Crippen molar-refractivity contribution in [1.29, 1.82) is 0 Å². The van der Waals surface area contributed by atoms with E-state index in [-0.39, 0.29) is 13.2 Å². The van der Waals surface area contributed by atoms with Crippen molar-refractivity contribution in [2.45, 2.75) is 76.1 Å². The molecule has 0 aliphatic carbocycles. The van der Waals surface area contributed by atoms with E-state index in [0.29, 0.717) is 10.6 Å². The molecular formula is C36H46N6O13S. The SMILES string of the molecule is CC(C)[C@H](NC(=O)[C@H](CCC(=O)O)NC(=O)[C@H](CC(=O)O)NC(=O)OCc1ccccc1)C(=O)NN(CC(=O)O)C(=O)[C@@H](S)CC(=O)N(C)Cc1ccccc1. The van der Waals surface area contributed by atoms with E-state index in [1.165, 1.54) is 25.8 Å². The number of carboxylic acids is 3. The highest BCUT2D eigenvalue weighted by molar-refractivity contribution is 7.81. The number of hydrogen-bond acceptors (Lipinski definition) is 11. The lowest BCUT2D eigenvalue weighted by atomic mass is 10.0. The van der Waals surface area contributed by atoms with Gasteiger partial charge in [-0.15, -0.1) is 0 Å². The third-order valence-electron chi connectivity index (χ3n) is 7.87. The number of carboxylic acid groups (broad SMARTS) is 3. The average molecular weight is 803 g/mol. The predicted molar refractivity (Wildman–Crippen MR) is 199 cm³/mol. The number of rotatable bonds is 21. The molecule has 0 saturated carbocycles. The summed E-state index contributed by atoms with van der Waals surface area (Å²) >= 11 is 4.19. The molecule has 304 valence electrons. The Bertz CT molecular complexity index is 1710. The zero-order chi connectivity index (χ0) is 41.9. The number of alkyl carbamates (subject to hydrolysis) is 1. The molecule has 0 aliphatic heterocycles. The van der Waals surface area contributed by atoms with Crippen LogP contribution in [0, 0.1) is 5.92 Å². The fourth-order valence-corrected chi connectivity index (χ4v) is 5.23. The molecule has 7 N–H and O–H groups in total. The molecule has 0 aromatic heterocycles. The zero-order valence-electron chi connectivity index (χ0n) is 30.9. The largest absolute Gasteiger partial charge is 0.481 e. The molecule has 0 spiro atoms. The van der Waals surface area contributed by atoms with Crippen molar-refractivity contribution in [1.82, 2.24) is 31.3 Å². The molecule has 2 aromatic rings. The number of carbonyl (C=O) groups excluding carboxylic acids is 6. The minimum Gasteiger partial charge on any atom is -0.481 e. The molecule has 0 saturated heterocycles. The zero-order valence-corrected chi connectivity index (χ0v) is 31.8. The number of hydrazine groups is 1. The summed E-state index contributed by atoms with van der Waals surface area (Å²) in [5, 5.41) is 33.8. The number of amides is 6. The Labute approximate surface area is 327 Å². The van der Waals surface area contributed by atoms with E-state index >= 15 is 0 Å². The van der Waals surface area contributed by atoms with Crippen molar-refractivity contribution >= 4 is 66.2 Å². The van der Waals surface area contributed by atoms with E-state index in [4.69, 9.17) is 4.74 Å². The summed E-state index contributed by atoms with van der Waals surface area (Å²) in [4.78, 5) is 115. The average Bonchev–Trinajstić information content (AvgIpc) is 3.13. The molecule has 0 heterocycles. The summed E-state index contributed by atoms with van der Waals surface area (Å²) in [7, 11) is 1.50. The van der Waals surface area contributed by atoms with Gasteiger partial charge in [-0.25, -0.2) is 9.80 Å². The van der Waals surface area contributed by atoms with Gasteiger partial charge < -0.3 is 40.9 Å². The van der Waals surface area contributed by atoms with E-state index in [0.717, 1.165) is 5.56 Å². The van der Waals surface area contributed by atoms with E-state index < -0.39 is 115 Å². The van der Waals surface area contributed by atoms with E-state index in [1.54, 1.807) is 60.7 Å². The number of thiol groups is 1. The molecule has 2 rings (SSSR count). The molecule has 0 aliphatic rings. The first kappa shape index (κ1) is 46.0. The molecule has 6 amide bonds. The Morgan fingerprint density at radius 2 is 1.29 bits per heavy atom. The molecule has 0 unspecified atom stereocenters. The normalized spacial score (nSPS) is 12.8. The quantitative estimate of drug-likeness (QED) is 0.0633. The van der Waals surface area contributed by atoms with Gasteiger partial charge in [0.05, 0.1) is 11.7 Å². The molecule has 20 heteroatoms. The molecule has 4 atom stereocenters. The molecule has 2 aromatic carbocycles. The topological polar surface area (TPSA) is 278 Å². The number of aliphatic carboxylic acids is 3. The third kappa shape index (κ3) is 16.5. The van der Waals surface area contributed by atoms with E-state index in [1.807, 2.05) is 0 Å². The summed E-state index contributed by atoms with van der Waals surface area (Å²) in [5.74, 6) is -10.1. The van der Waals surface area contributed by atoms with Crippen LogP contribution in [0.3, 0.4) is 0 Å². The summed E-state index contributed by atoms with van der Waals surface area (Å²) in [6.07, 6.45) is -3.79. The Kier molecular flexibility index (Phi) is 18.8. The Hall–Kier alpha value is -6.18. The second-order valence-corrected chi connectivity index (χ2v) is 13.5. The van der Waals surface area contributed by atoms with Crippen LogP contribution < -0.4 is 21.4 Å². The van der Waals surface area contributed by atoms with Crippen molar-refractivity contribution < 1.29 is 63.2 Å². The van der Waals surface area contributed by atoms with Crippen LogP contribution in [0.5, 0.6) is 0 Å². The van der Waals surface area contributed by atoms with Gasteiger partial charge in [0, 0.05) is 26.4 Å². The Morgan fingerprint density at radius 1 is 0.714 bits per heavy atom. The number of hydrogen-bond donors (Lipinski definition) is 8. The lowest BCUT2D eigenvalue weighted by Crippen LogP contribution is -2.61. The Balaban J connectivity index is 2.18. The highest BCUT2D eigenvalue weighted by Crippen LogP contribution is 2.12. The fraction of sp³-hybridized carbons (Fsp3) is 0.417. The number of nitrogens with one attached hydrogen (secondary N) is 4.